The van der Waals surface area contributed by atoms with E-state index in [-0.39, 0.29) is 22.6 Å². The van der Waals surface area contributed by atoms with Crippen molar-refractivity contribution in [1.82, 2.24) is 5.43 Å². The van der Waals surface area contributed by atoms with Gasteiger partial charge in [-0.1, -0.05) is 24.3 Å². The fourth-order valence-electron chi connectivity index (χ4n) is 2.98. The highest BCUT2D eigenvalue weighted by atomic mass is 16.6. The highest BCUT2D eigenvalue weighted by Crippen LogP contribution is 2.30. The van der Waals surface area contributed by atoms with Gasteiger partial charge in [0.15, 0.2) is 11.5 Å². The van der Waals surface area contributed by atoms with Crippen molar-refractivity contribution in [3.63, 3.8) is 0 Å². The molecule has 1 amide bonds. The third-order valence-corrected chi connectivity index (χ3v) is 4.52. The number of hydrazone groups is 1. The van der Waals surface area contributed by atoms with E-state index >= 15 is 0 Å². The van der Waals surface area contributed by atoms with E-state index in [0.29, 0.717) is 23.7 Å². The van der Waals surface area contributed by atoms with Gasteiger partial charge in [-0.2, -0.15) is 5.10 Å². The Bertz CT molecular complexity index is 1240. The topological polar surface area (TPSA) is 129 Å². The van der Waals surface area contributed by atoms with Gasteiger partial charge in [-0.3, -0.25) is 14.9 Å². The van der Waals surface area contributed by atoms with Gasteiger partial charge in [-0.05, 0) is 48.9 Å². The highest BCUT2D eigenvalue weighted by molar-refractivity contribution is 5.98. The molecule has 0 atom stereocenters. The maximum absolute atomic E-state index is 12.6. The van der Waals surface area contributed by atoms with Crippen molar-refractivity contribution >= 4 is 23.8 Å². The number of carbonyl (C=O) groups is 2. The lowest BCUT2D eigenvalue weighted by molar-refractivity contribution is -0.385. The molecule has 0 aliphatic carbocycles. The van der Waals surface area contributed by atoms with Crippen LogP contribution in [0, 0.1) is 10.1 Å². The summed E-state index contributed by atoms with van der Waals surface area (Å²) < 4.78 is 16.3. The van der Waals surface area contributed by atoms with Crippen LogP contribution in [0.3, 0.4) is 0 Å². The predicted molar refractivity (Wildman–Crippen MR) is 124 cm³/mol. The van der Waals surface area contributed by atoms with Gasteiger partial charge in [0, 0.05) is 6.07 Å². The van der Waals surface area contributed by atoms with Crippen molar-refractivity contribution < 1.29 is 28.7 Å². The molecule has 0 bridgehead atoms. The molecular formula is C24H21N3O7. The number of carbonyl (C=O) groups excluding carboxylic acids is 2. The number of amides is 1. The predicted octanol–water partition coefficient (Wildman–Crippen LogP) is 3.99. The lowest BCUT2D eigenvalue weighted by atomic mass is 10.2. The molecule has 0 fully saturated rings. The van der Waals surface area contributed by atoms with Crippen LogP contribution in [0.5, 0.6) is 17.2 Å². The molecule has 0 radical (unpaired) electrons. The second-order valence-electron chi connectivity index (χ2n) is 6.70. The van der Waals surface area contributed by atoms with Gasteiger partial charge in [0.1, 0.15) is 16.9 Å². The smallest absolute Gasteiger partial charge is 0.347 e. The molecule has 10 heteroatoms. The maximum Gasteiger partial charge on any atom is 0.347 e. The number of methoxy groups -OCH3 is 1. The Balaban J connectivity index is 1.75. The molecule has 0 heterocycles. The lowest BCUT2D eigenvalue weighted by Gasteiger charge is -2.12. The van der Waals surface area contributed by atoms with Gasteiger partial charge in [0.25, 0.3) is 11.6 Å². The standard InChI is InChI=1S/C24H21N3O7/c1-3-33-22-14-16(15-25-26-23(28)17-8-4-6-10-19(17)27(30)31)12-13-21(22)34-24(29)18-9-5-7-11-20(18)32-2/h4-15H,3H2,1-2H3,(H,26,28)/b25-15+. The minimum Gasteiger partial charge on any atom is -0.496 e. The monoisotopic (exact) mass is 463 g/mol. The molecule has 3 aromatic carbocycles. The third-order valence-electron chi connectivity index (χ3n) is 4.52. The van der Waals surface area contributed by atoms with E-state index in [1.165, 1.54) is 43.7 Å². The lowest BCUT2D eigenvalue weighted by Crippen LogP contribution is -2.19. The molecule has 0 aromatic heterocycles. The molecule has 0 aliphatic rings. The molecule has 0 saturated carbocycles. The highest BCUT2D eigenvalue weighted by Gasteiger charge is 2.19. The number of ether oxygens (including phenoxy) is 3. The summed E-state index contributed by atoms with van der Waals surface area (Å²) in [5, 5.41) is 14.9. The summed E-state index contributed by atoms with van der Waals surface area (Å²) in [6.07, 6.45) is 1.33. The number of benzene rings is 3. The van der Waals surface area contributed by atoms with Gasteiger partial charge in [-0.25, -0.2) is 10.2 Å². The number of hydrogen-bond donors (Lipinski definition) is 1. The van der Waals surface area contributed by atoms with Crippen molar-refractivity contribution in [2.24, 2.45) is 5.10 Å². The average molecular weight is 463 g/mol. The minimum absolute atomic E-state index is 0.113. The molecule has 0 saturated heterocycles. The van der Waals surface area contributed by atoms with Crippen LogP contribution in [-0.2, 0) is 0 Å². The zero-order valence-electron chi connectivity index (χ0n) is 18.4. The molecule has 174 valence electrons. The van der Waals surface area contributed by atoms with Gasteiger partial charge in [0.2, 0.25) is 0 Å². The van der Waals surface area contributed by atoms with Crippen LogP contribution in [0.2, 0.25) is 0 Å². The van der Waals surface area contributed by atoms with E-state index in [0.717, 1.165) is 0 Å². The van der Waals surface area contributed by atoms with Gasteiger partial charge < -0.3 is 14.2 Å². The van der Waals surface area contributed by atoms with E-state index in [1.54, 1.807) is 43.3 Å². The summed E-state index contributed by atoms with van der Waals surface area (Å²) in [5.41, 5.74) is 2.62. The third kappa shape index (κ3) is 5.74. The van der Waals surface area contributed by atoms with Crippen LogP contribution in [0.25, 0.3) is 0 Å². The van der Waals surface area contributed by atoms with Crippen LogP contribution in [0.15, 0.2) is 71.8 Å². The summed E-state index contributed by atoms with van der Waals surface area (Å²) in [5.74, 6) is -0.477. The summed E-state index contributed by atoms with van der Waals surface area (Å²) in [6, 6.07) is 16.9. The quantitative estimate of drug-likeness (QED) is 0.167. The molecule has 10 nitrogen and oxygen atoms in total. The Kier molecular flexibility index (Phi) is 7.90. The first-order chi connectivity index (χ1) is 16.4. The minimum atomic E-state index is -0.726. The fraction of sp³-hybridized carbons (Fsp3) is 0.125. The van der Waals surface area contributed by atoms with Crippen LogP contribution in [0.1, 0.15) is 33.2 Å². The molecule has 0 spiro atoms. The van der Waals surface area contributed by atoms with Gasteiger partial charge in [0.05, 0.1) is 24.9 Å². The largest absolute Gasteiger partial charge is 0.496 e. The Labute approximate surface area is 194 Å². The second-order valence-corrected chi connectivity index (χ2v) is 6.70. The summed E-state index contributed by atoms with van der Waals surface area (Å²) in [6.45, 7) is 2.09. The SMILES string of the molecule is CCOc1cc(/C=N/NC(=O)c2ccccc2[N+](=O)[O-])ccc1OC(=O)c1ccccc1OC. The number of rotatable bonds is 9. The number of nitrogens with one attached hydrogen (secondary N) is 1. The van der Waals surface area contributed by atoms with E-state index in [1.807, 2.05) is 0 Å². The van der Waals surface area contributed by atoms with Crippen molar-refractivity contribution in [3.05, 3.63) is 93.5 Å². The number of nitro benzene ring substituents is 1. The summed E-state index contributed by atoms with van der Waals surface area (Å²) in [7, 11) is 1.46. The van der Waals surface area contributed by atoms with E-state index in [9.17, 15) is 19.7 Å². The molecule has 0 aliphatic heterocycles. The van der Waals surface area contributed by atoms with Crippen LogP contribution in [0.4, 0.5) is 5.69 Å². The van der Waals surface area contributed by atoms with Gasteiger partial charge in [-0.15, -0.1) is 0 Å². The number of esters is 1. The Morgan fingerprint density at radius 3 is 2.41 bits per heavy atom. The van der Waals surface area contributed by atoms with Crippen LogP contribution in [-0.4, -0.2) is 36.7 Å². The molecule has 3 aromatic rings. The number of hydrogen-bond acceptors (Lipinski definition) is 8. The van der Waals surface area contributed by atoms with Crippen molar-refractivity contribution in [3.8, 4) is 17.2 Å². The number of para-hydroxylation sites is 2. The maximum atomic E-state index is 12.6. The Morgan fingerprint density at radius 1 is 1.00 bits per heavy atom. The molecule has 3 rings (SSSR count). The summed E-state index contributed by atoms with van der Waals surface area (Å²) in [4.78, 5) is 35.3. The normalized spacial score (nSPS) is 10.5. The van der Waals surface area contributed by atoms with E-state index < -0.39 is 16.8 Å². The number of nitrogens with zero attached hydrogens (tertiary/aromatic N) is 2. The molecule has 34 heavy (non-hydrogen) atoms. The molecule has 0 unspecified atom stereocenters. The molecule has 1 N–H and O–H groups in total. The zero-order chi connectivity index (χ0) is 24.5. The van der Waals surface area contributed by atoms with E-state index in [4.69, 9.17) is 14.2 Å². The van der Waals surface area contributed by atoms with Crippen molar-refractivity contribution in [1.29, 1.82) is 0 Å². The summed E-state index contributed by atoms with van der Waals surface area (Å²) >= 11 is 0. The first-order valence-electron chi connectivity index (χ1n) is 10.1. The Morgan fingerprint density at radius 2 is 1.71 bits per heavy atom. The van der Waals surface area contributed by atoms with Gasteiger partial charge >= 0.3 is 5.97 Å². The average Bonchev–Trinajstić information content (AvgIpc) is 2.85. The van der Waals surface area contributed by atoms with Crippen LogP contribution >= 0.6 is 0 Å². The fourth-order valence-corrected chi connectivity index (χ4v) is 2.98. The first-order valence-corrected chi connectivity index (χ1v) is 10.1. The first kappa shape index (κ1) is 23.9. The number of nitro groups is 1. The zero-order valence-corrected chi connectivity index (χ0v) is 18.4. The van der Waals surface area contributed by atoms with Crippen molar-refractivity contribution in [2.75, 3.05) is 13.7 Å². The van der Waals surface area contributed by atoms with Crippen LogP contribution < -0.4 is 19.6 Å². The molecular weight excluding hydrogens is 442 g/mol. The second kappa shape index (κ2) is 11.2. The Hall–Kier alpha value is -4.73. The van der Waals surface area contributed by atoms with Crippen molar-refractivity contribution in [2.45, 2.75) is 6.92 Å². The van der Waals surface area contributed by atoms with E-state index in [2.05, 4.69) is 10.5 Å².